The number of nitro benzene ring substituents is 1. The second kappa shape index (κ2) is 5.96. The Hall–Kier alpha value is -2.35. The van der Waals surface area contributed by atoms with Gasteiger partial charge >= 0.3 is 5.97 Å². The molecular formula is C13H16N2O6. The molecule has 0 bridgehead atoms. The Bertz CT molecular complexity index is 554. The summed E-state index contributed by atoms with van der Waals surface area (Å²) in [7, 11) is 1.39. The number of nitro groups is 1. The highest BCUT2D eigenvalue weighted by molar-refractivity contribution is 5.83. The summed E-state index contributed by atoms with van der Waals surface area (Å²) in [5, 5.41) is 23.3. The Morgan fingerprint density at radius 2 is 2.10 bits per heavy atom. The van der Waals surface area contributed by atoms with Gasteiger partial charge in [-0.05, 0) is 0 Å². The third-order valence-corrected chi connectivity index (χ3v) is 3.48. The van der Waals surface area contributed by atoms with E-state index in [1.165, 1.54) is 25.3 Å². The molecule has 2 rings (SSSR count). The Kier molecular flexibility index (Phi) is 4.27. The van der Waals surface area contributed by atoms with Crippen molar-refractivity contribution in [3.05, 3.63) is 28.3 Å². The molecule has 8 heteroatoms. The summed E-state index contributed by atoms with van der Waals surface area (Å²) in [6.07, 6.45) is 0.570. The van der Waals surface area contributed by atoms with Crippen molar-refractivity contribution in [2.45, 2.75) is 18.4 Å². The van der Waals surface area contributed by atoms with Gasteiger partial charge in [0.1, 0.15) is 11.3 Å². The number of benzene rings is 1. The number of anilines is 1. The summed E-state index contributed by atoms with van der Waals surface area (Å²) in [4.78, 5) is 21.9. The van der Waals surface area contributed by atoms with Crippen LogP contribution >= 0.6 is 0 Å². The molecule has 0 aromatic heterocycles. The predicted molar refractivity (Wildman–Crippen MR) is 73.7 cm³/mol. The summed E-state index contributed by atoms with van der Waals surface area (Å²) in [5.74, 6) is -0.712. The molecule has 1 aromatic rings. The van der Waals surface area contributed by atoms with E-state index in [1.807, 2.05) is 0 Å². The number of hydrogen-bond acceptors (Lipinski definition) is 6. The molecule has 1 saturated heterocycles. The maximum atomic E-state index is 11.6. The lowest BCUT2D eigenvalue weighted by atomic mass is 9.89. The largest absolute Gasteiger partial charge is 0.496 e. The monoisotopic (exact) mass is 296 g/mol. The van der Waals surface area contributed by atoms with Gasteiger partial charge in [0.25, 0.3) is 5.69 Å². The van der Waals surface area contributed by atoms with Crippen LogP contribution in [-0.2, 0) is 9.53 Å². The van der Waals surface area contributed by atoms with E-state index in [0.717, 1.165) is 0 Å². The Labute approximate surface area is 120 Å². The lowest BCUT2D eigenvalue weighted by Gasteiger charge is -2.34. The van der Waals surface area contributed by atoms with Crippen molar-refractivity contribution in [3.63, 3.8) is 0 Å². The van der Waals surface area contributed by atoms with Crippen molar-refractivity contribution in [1.29, 1.82) is 0 Å². The average molecular weight is 296 g/mol. The number of non-ortho nitro benzene ring substituents is 1. The van der Waals surface area contributed by atoms with E-state index in [0.29, 0.717) is 24.7 Å². The fourth-order valence-corrected chi connectivity index (χ4v) is 2.27. The second-order valence-electron chi connectivity index (χ2n) is 4.80. The molecule has 0 amide bonds. The molecule has 0 radical (unpaired) electrons. The minimum absolute atomic E-state index is 0.163. The van der Waals surface area contributed by atoms with Crippen molar-refractivity contribution < 1.29 is 24.3 Å². The first-order valence-corrected chi connectivity index (χ1v) is 6.40. The maximum Gasteiger partial charge on any atom is 0.329 e. The minimum atomic E-state index is -1.18. The lowest BCUT2D eigenvalue weighted by Crippen LogP contribution is -2.50. The summed E-state index contributed by atoms with van der Waals surface area (Å²) >= 11 is 0. The average Bonchev–Trinajstić information content (AvgIpc) is 2.47. The van der Waals surface area contributed by atoms with Gasteiger partial charge in [0.15, 0.2) is 0 Å². The molecule has 1 fully saturated rings. The van der Waals surface area contributed by atoms with Crippen LogP contribution in [0.25, 0.3) is 0 Å². The highest BCUT2D eigenvalue weighted by atomic mass is 16.6. The zero-order valence-electron chi connectivity index (χ0n) is 11.5. The topological polar surface area (TPSA) is 111 Å². The molecule has 1 aliphatic heterocycles. The van der Waals surface area contributed by atoms with Gasteiger partial charge in [-0.3, -0.25) is 10.1 Å². The van der Waals surface area contributed by atoms with Crippen molar-refractivity contribution in [2.75, 3.05) is 25.6 Å². The molecule has 1 aromatic carbocycles. The van der Waals surface area contributed by atoms with Gasteiger partial charge < -0.3 is 19.9 Å². The first-order chi connectivity index (χ1) is 9.97. The highest BCUT2D eigenvalue weighted by Crippen LogP contribution is 2.31. The summed E-state index contributed by atoms with van der Waals surface area (Å²) < 4.78 is 10.2. The normalized spacial score (nSPS) is 17.0. The highest BCUT2D eigenvalue weighted by Gasteiger charge is 2.40. The third-order valence-electron chi connectivity index (χ3n) is 3.48. The minimum Gasteiger partial charge on any atom is -0.496 e. The van der Waals surface area contributed by atoms with E-state index in [9.17, 15) is 20.0 Å². The van der Waals surface area contributed by atoms with E-state index in [4.69, 9.17) is 9.47 Å². The number of aliphatic carboxylic acids is 1. The number of nitrogens with one attached hydrogen (secondary N) is 1. The van der Waals surface area contributed by atoms with Gasteiger partial charge in [0.2, 0.25) is 0 Å². The third kappa shape index (κ3) is 3.22. The van der Waals surface area contributed by atoms with Crippen molar-refractivity contribution in [3.8, 4) is 5.75 Å². The van der Waals surface area contributed by atoms with Gasteiger partial charge in [-0.15, -0.1) is 0 Å². The van der Waals surface area contributed by atoms with Gasteiger partial charge in [-0.2, -0.15) is 0 Å². The van der Waals surface area contributed by atoms with Crippen LogP contribution in [0.1, 0.15) is 12.8 Å². The van der Waals surface area contributed by atoms with E-state index < -0.39 is 16.4 Å². The Morgan fingerprint density at radius 1 is 1.43 bits per heavy atom. The molecule has 2 N–H and O–H groups in total. The van der Waals surface area contributed by atoms with Crippen LogP contribution in [0.5, 0.6) is 5.75 Å². The summed E-state index contributed by atoms with van der Waals surface area (Å²) in [5.41, 5.74) is -1.01. The fraction of sp³-hybridized carbons (Fsp3) is 0.462. The van der Waals surface area contributed by atoms with Gasteiger partial charge in [-0.25, -0.2) is 4.79 Å². The van der Waals surface area contributed by atoms with Crippen LogP contribution in [0, 0.1) is 10.1 Å². The Balaban J connectivity index is 2.34. The number of nitrogens with zero attached hydrogens (tertiary/aromatic N) is 1. The van der Waals surface area contributed by atoms with Crippen molar-refractivity contribution in [2.24, 2.45) is 0 Å². The smallest absolute Gasteiger partial charge is 0.329 e. The van der Waals surface area contributed by atoms with E-state index in [2.05, 4.69) is 5.32 Å². The first-order valence-electron chi connectivity index (χ1n) is 6.40. The number of methoxy groups -OCH3 is 1. The van der Waals surface area contributed by atoms with Crippen LogP contribution < -0.4 is 10.1 Å². The fourth-order valence-electron chi connectivity index (χ4n) is 2.27. The number of ether oxygens (including phenoxy) is 2. The molecule has 1 heterocycles. The standard InChI is InChI=1S/C13H16N2O6/c1-20-11-7-9(6-10(8-11)15(18)19)14-13(12(16)17)2-4-21-5-3-13/h6-8,14H,2-5H2,1H3,(H,16,17). The maximum absolute atomic E-state index is 11.6. The lowest BCUT2D eigenvalue weighted by molar-refractivity contribution is -0.384. The molecule has 0 saturated carbocycles. The van der Waals surface area contributed by atoms with Gasteiger partial charge in [0.05, 0.1) is 18.1 Å². The van der Waals surface area contributed by atoms with E-state index in [1.54, 1.807) is 0 Å². The quantitative estimate of drug-likeness (QED) is 0.627. The zero-order valence-corrected chi connectivity index (χ0v) is 11.5. The zero-order chi connectivity index (χ0) is 15.5. The molecule has 21 heavy (non-hydrogen) atoms. The van der Waals surface area contributed by atoms with Crippen molar-refractivity contribution >= 4 is 17.3 Å². The van der Waals surface area contributed by atoms with Crippen LogP contribution in [0.3, 0.4) is 0 Å². The molecule has 114 valence electrons. The number of carboxylic acids is 1. The number of rotatable bonds is 5. The molecule has 0 atom stereocenters. The van der Waals surface area contributed by atoms with Gasteiger partial charge in [0, 0.05) is 43.9 Å². The Morgan fingerprint density at radius 3 is 2.62 bits per heavy atom. The van der Waals surface area contributed by atoms with Crippen LogP contribution in [-0.4, -0.2) is 41.9 Å². The van der Waals surface area contributed by atoms with Crippen molar-refractivity contribution in [1.82, 2.24) is 0 Å². The number of hydrogen-bond donors (Lipinski definition) is 2. The second-order valence-corrected chi connectivity index (χ2v) is 4.80. The molecule has 1 aliphatic rings. The van der Waals surface area contributed by atoms with Gasteiger partial charge in [-0.1, -0.05) is 0 Å². The van der Waals surface area contributed by atoms with E-state index >= 15 is 0 Å². The molecular weight excluding hydrogens is 280 g/mol. The molecule has 0 aliphatic carbocycles. The first kappa shape index (κ1) is 15.0. The van der Waals surface area contributed by atoms with Crippen LogP contribution in [0.4, 0.5) is 11.4 Å². The number of carbonyl (C=O) groups is 1. The molecule has 0 unspecified atom stereocenters. The van der Waals surface area contributed by atoms with Crippen LogP contribution in [0.15, 0.2) is 18.2 Å². The summed E-state index contributed by atoms with van der Waals surface area (Å²) in [6, 6.07) is 4.11. The molecule has 0 spiro atoms. The van der Waals surface area contributed by atoms with E-state index in [-0.39, 0.29) is 18.5 Å². The summed E-state index contributed by atoms with van der Waals surface area (Å²) in [6.45, 7) is 0.650. The SMILES string of the molecule is COc1cc(NC2(C(=O)O)CCOCC2)cc([N+](=O)[O-])c1. The predicted octanol–water partition coefficient (Wildman–Crippen LogP) is 1.65. The number of carboxylic acid groups (broad SMARTS) is 1. The van der Waals surface area contributed by atoms with Crippen LogP contribution in [0.2, 0.25) is 0 Å². The molecule has 8 nitrogen and oxygen atoms in total.